The Kier molecular flexibility index (Phi) is 8.90. The van der Waals surface area contributed by atoms with Crippen molar-refractivity contribution in [1.29, 1.82) is 0 Å². The number of halogens is 1. The van der Waals surface area contributed by atoms with Gasteiger partial charge in [0.1, 0.15) is 17.7 Å². The lowest BCUT2D eigenvalue weighted by molar-refractivity contribution is 0.0724. The van der Waals surface area contributed by atoms with Crippen LogP contribution in [0.3, 0.4) is 0 Å². The number of carbonyl (C=O) groups excluding carboxylic acids is 1. The maximum Gasteiger partial charge on any atom is 0.253 e. The van der Waals surface area contributed by atoms with Crippen molar-refractivity contribution in [3.05, 3.63) is 65.5 Å². The average molecular weight is 441 g/mol. The Labute approximate surface area is 189 Å². The highest BCUT2D eigenvalue weighted by Crippen LogP contribution is 2.15. The number of piperidine rings is 1. The third-order valence-electron chi connectivity index (χ3n) is 5.58. The molecule has 0 aromatic heterocycles. The Hall–Kier alpha value is -3.09. The van der Waals surface area contributed by atoms with E-state index in [2.05, 4.69) is 15.6 Å². The second-order valence-electron chi connectivity index (χ2n) is 7.96. The van der Waals surface area contributed by atoms with E-state index in [4.69, 9.17) is 4.74 Å². The van der Waals surface area contributed by atoms with Crippen molar-refractivity contribution in [1.82, 2.24) is 15.5 Å². The van der Waals surface area contributed by atoms with Gasteiger partial charge in [0.25, 0.3) is 5.91 Å². The van der Waals surface area contributed by atoms with E-state index in [1.165, 1.54) is 18.6 Å². The molecule has 3 rings (SSSR count). The number of rotatable bonds is 8. The van der Waals surface area contributed by atoms with E-state index >= 15 is 0 Å². The molecule has 6 nitrogen and oxygen atoms in total. The molecule has 1 amide bonds. The van der Waals surface area contributed by atoms with Crippen molar-refractivity contribution in [2.24, 2.45) is 4.99 Å². The molecule has 0 saturated carbocycles. The summed E-state index contributed by atoms with van der Waals surface area (Å²) in [5.74, 6) is 0.970. The first-order valence-corrected chi connectivity index (χ1v) is 11.3. The Morgan fingerprint density at radius 3 is 2.53 bits per heavy atom. The number of hydrogen-bond acceptors (Lipinski definition) is 3. The molecule has 1 atom stereocenters. The summed E-state index contributed by atoms with van der Waals surface area (Å²) in [4.78, 5) is 18.8. The number of nitrogens with one attached hydrogen (secondary N) is 2. The molecule has 2 N–H and O–H groups in total. The van der Waals surface area contributed by atoms with Gasteiger partial charge in [0, 0.05) is 38.3 Å². The maximum absolute atomic E-state index is 13.4. The maximum atomic E-state index is 13.4. The molecular weight excluding hydrogens is 407 g/mol. The quantitative estimate of drug-likeness (QED) is 0.482. The molecule has 32 heavy (non-hydrogen) atoms. The molecule has 0 bridgehead atoms. The SMILES string of the molecule is CCC(CNC(=NC)NCc1ccc(C(=O)N2CCCCC2)cc1)Oc1cccc(F)c1. The number of ether oxygens (including phenoxy) is 1. The van der Waals surface area contributed by atoms with Gasteiger partial charge >= 0.3 is 0 Å². The predicted molar refractivity (Wildman–Crippen MR) is 126 cm³/mol. The van der Waals surface area contributed by atoms with Crippen LogP contribution in [0.4, 0.5) is 4.39 Å². The first-order valence-electron chi connectivity index (χ1n) is 11.3. The van der Waals surface area contributed by atoms with Crippen LogP contribution in [0.1, 0.15) is 48.5 Å². The van der Waals surface area contributed by atoms with Crippen LogP contribution in [0.25, 0.3) is 0 Å². The average Bonchev–Trinajstić information content (AvgIpc) is 2.83. The van der Waals surface area contributed by atoms with Crippen LogP contribution in [0.15, 0.2) is 53.5 Å². The summed E-state index contributed by atoms with van der Waals surface area (Å²) in [5.41, 5.74) is 1.80. The van der Waals surface area contributed by atoms with Crippen molar-refractivity contribution in [3.63, 3.8) is 0 Å². The molecule has 1 fully saturated rings. The lowest BCUT2D eigenvalue weighted by Crippen LogP contribution is -2.42. The Morgan fingerprint density at radius 2 is 1.88 bits per heavy atom. The summed E-state index contributed by atoms with van der Waals surface area (Å²) in [6, 6.07) is 13.9. The highest BCUT2D eigenvalue weighted by molar-refractivity contribution is 5.94. The number of aliphatic imine (C=N–C) groups is 1. The topological polar surface area (TPSA) is 66.0 Å². The number of nitrogens with zero attached hydrogens (tertiary/aromatic N) is 2. The lowest BCUT2D eigenvalue weighted by atomic mass is 10.1. The minimum absolute atomic E-state index is 0.115. The zero-order valence-electron chi connectivity index (χ0n) is 18.9. The number of hydrogen-bond donors (Lipinski definition) is 2. The standard InChI is InChI=1S/C25H33FN4O2/c1-3-22(32-23-9-7-8-21(26)16-23)18-29-25(27-2)28-17-19-10-12-20(13-11-19)24(31)30-14-5-4-6-15-30/h7-13,16,22H,3-6,14-15,17-18H2,1-2H3,(H2,27,28,29). The molecular formula is C25H33FN4O2. The van der Waals surface area contributed by atoms with E-state index in [0.29, 0.717) is 24.8 Å². The highest BCUT2D eigenvalue weighted by Gasteiger charge is 2.18. The summed E-state index contributed by atoms with van der Waals surface area (Å²) in [7, 11) is 1.71. The number of benzene rings is 2. The van der Waals surface area contributed by atoms with Crippen LogP contribution in [0, 0.1) is 5.82 Å². The zero-order valence-corrected chi connectivity index (χ0v) is 18.9. The van der Waals surface area contributed by atoms with Gasteiger partial charge in [0.2, 0.25) is 0 Å². The zero-order chi connectivity index (χ0) is 22.8. The van der Waals surface area contributed by atoms with Gasteiger partial charge in [-0.05, 0) is 55.5 Å². The molecule has 1 heterocycles. The third-order valence-corrected chi connectivity index (χ3v) is 5.58. The fourth-order valence-corrected chi connectivity index (χ4v) is 3.66. The van der Waals surface area contributed by atoms with Crippen LogP contribution in [-0.4, -0.2) is 49.6 Å². The van der Waals surface area contributed by atoms with Crippen molar-refractivity contribution in [2.45, 2.75) is 45.3 Å². The van der Waals surface area contributed by atoms with Gasteiger partial charge in [-0.3, -0.25) is 9.79 Å². The van der Waals surface area contributed by atoms with Gasteiger partial charge in [-0.1, -0.05) is 25.1 Å². The molecule has 0 radical (unpaired) electrons. The molecule has 7 heteroatoms. The van der Waals surface area contributed by atoms with E-state index in [-0.39, 0.29) is 17.8 Å². The molecule has 172 valence electrons. The van der Waals surface area contributed by atoms with E-state index in [1.807, 2.05) is 36.1 Å². The second kappa shape index (κ2) is 12.1. The van der Waals surface area contributed by atoms with Gasteiger partial charge in [-0.2, -0.15) is 0 Å². The number of amides is 1. The van der Waals surface area contributed by atoms with Gasteiger partial charge in [-0.25, -0.2) is 4.39 Å². The molecule has 0 aliphatic carbocycles. The number of guanidine groups is 1. The Morgan fingerprint density at radius 1 is 1.12 bits per heavy atom. The predicted octanol–water partition coefficient (Wildman–Crippen LogP) is 3.97. The van der Waals surface area contributed by atoms with Crippen molar-refractivity contribution >= 4 is 11.9 Å². The van der Waals surface area contributed by atoms with E-state index in [0.717, 1.165) is 43.5 Å². The van der Waals surface area contributed by atoms with Crippen molar-refractivity contribution < 1.29 is 13.9 Å². The molecule has 1 saturated heterocycles. The van der Waals surface area contributed by atoms with Gasteiger partial charge in [-0.15, -0.1) is 0 Å². The van der Waals surface area contributed by atoms with Gasteiger partial charge in [0.15, 0.2) is 5.96 Å². The first-order chi connectivity index (χ1) is 15.6. The molecule has 1 aliphatic heterocycles. The van der Waals surface area contributed by atoms with Gasteiger partial charge in [0.05, 0.1) is 6.54 Å². The van der Waals surface area contributed by atoms with Crippen LogP contribution >= 0.6 is 0 Å². The van der Waals surface area contributed by atoms with Crippen molar-refractivity contribution in [2.75, 3.05) is 26.7 Å². The first kappa shape index (κ1) is 23.6. The molecule has 1 aliphatic rings. The summed E-state index contributed by atoms with van der Waals surface area (Å²) < 4.78 is 19.2. The molecule has 2 aromatic carbocycles. The number of carbonyl (C=O) groups is 1. The van der Waals surface area contributed by atoms with E-state index < -0.39 is 0 Å². The summed E-state index contributed by atoms with van der Waals surface area (Å²) in [6.45, 7) is 4.85. The van der Waals surface area contributed by atoms with E-state index in [9.17, 15) is 9.18 Å². The third kappa shape index (κ3) is 6.97. The fraction of sp³-hybridized carbons (Fsp3) is 0.440. The second-order valence-corrected chi connectivity index (χ2v) is 7.96. The molecule has 1 unspecified atom stereocenters. The molecule has 2 aromatic rings. The summed E-state index contributed by atoms with van der Waals surface area (Å²) in [5, 5.41) is 6.54. The Balaban J connectivity index is 1.46. The van der Waals surface area contributed by atoms with Crippen LogP contribution < -0.4 is 15.4 Å². The van der Waals surface area contributed by atoms with Crippen LogP contribution in [0.2, 0.25) is 0 Å². The van der Waals surface area contributed by atoms with Crippen LogP contribution in [-0.2, 0) is 6.54 Å². The fourth-order valence-electron chi connectivity index (χ4n) is 3.66. The van der Waals surface area contributed by atoms with Crippen molar-refractivity contribution in [3.8, 4) is 5.75 Å². The normalized spacial score (nSPS) is 15.2. The smallest absolute Gasteiger partial charge is 0.253 e. The summed E-state index contributed by atoms with van der Waals surface area (Å²) in [6.07, 6.45) is 4.04. The van der Waals surface area contributed by atoms with Gasteiger partial charge < -0.3 is 20.3 Å². The lowest BCUT2D eigenvalue weighted by Gasteiger charge is -2.26. The van der Waals surface area contributed by atoms with E-state index in [1.54, 1.807) is 19.2 Å². The summed E-state index contributed by atoms with van der Waals surface area (Å²) >= 11 is 0. The Bertz CT molecular complexity index is 895. The van der Waals surface area contributed by atoms with Crippen LogP contribution in [0.5, 0.6) is 5.75 Å². The highest BCUT2D eigenvalue weighted by atomic mass is 19.1. The minimum Gasteiger partial charge on any atom is -0.489 e. The largest absolute Gasteiger partial charge is 0.489 e. The molecule has 0 spiro atoms. The minimum atomic E-state index is -0.313. The monoisotopic (exact) mass is 440 g/mol. The number of likely N-dealkylation sites (tertiary alicyclic amines) is 1.